The predicted molar refractivity (Wildman–Crippen MR) is 85.4 cm³/mol. The van der Waals surface area contributed by atoms with Crippen molar-refractivity contribution < 1.29 is 26.4 Å². The maximum atomic E-state index is 12.8. The first kappa shape index (κ1) is 20.0. The second kappa shape index (κ2) is 7.48. The van der Waals surface area contributed by atoms with Crippen LogP contribution in [0.25, 0.3) is 0 Å². The summed E-state index contributed by atoms with van der Waals surface area (Å²) in [5, 5.41) is -0.591. The Balaban J connectivity index is 2.01. The van der Waals surface area contributed by atoms with Crippen molar-refractivity contribution in [2.75, 3.05) is 19.6 Å². The van der Waals surface area contributed by atoms with Crippen LogP contribution in [-0.4, -0.2) is 44.9 Å². The number of hydrogen-bond donors (Lipinski definition) is 2. The number of hydrogen-bond acceptors (Lipinski definition) is 4. The minimum absolute atomic E-state index is 0.0875. The highest BCUT2D eigenvalue weighted by molar-refractivity contribution is 7.89. The molecule has 3 N–H and O–H groups in total. The van der Waals surface area contributed by atoms with Crippen LogP contribution in [0.5, 0.6) is 0 Å². The van der Waals surface area contributed by atoms with Crippen LogP contribution in [0.15, 0.2) is 23.1 Å². The van der Waals surface area contributed by atoms with Gasteiger partial charge < -0.3 is 10.6 Å². The zero-order chi connectivity index (χ0) is 18.8. The lowest BCUT2D eigenvalue weighted by atomic mass is 10.2. The van der Waals surface area contributed by atoms with E-state index in [-0.39, 0.29) is 24.9 Å². The molecule has 0 unspecified atom stereocenters. The number of benzene rings is 1. The van der Waals surface area contributed by atoms with E-state index in [0.717, 1.165) is 12.1 Å². The first-order chi connectivity index (χ1) is 11.5. The van der Waals surface area contributed by atoms with Crippen LogP contribution in [0.3, 0.4) is 0 Å². The van der Waals surface area contributed by atoms with Crippen molar-refractivity contribution in [1.82, 2.24) is 9.62 Å². The molecule has 0 radical (unpaired) electrons. The van der Waals surface area contributed by atoms with Crippen molar-refractivity contribution in [3.05, 3.63) is 28.8 Å². The average molecular weight is 400 g/mol. The van der Waals surface area contributed by atoms with E-state index in [9.17, 15) is 26.4 Å². The summed E-state index contributed by atoms with van der Waals surface area (Å²) in [6, 6.07) is 2.22. The van der Waals surface area contributed by atoms with Crippen LogP contribution in [0.2, 0.25) is 5.02 Å². The smallest absolute Gasteiger partial charge is 0.341 e. The third-order valence-corrected chi connectivity index (χ3v) is 5.55. The normalized spacial score (nSPS) is 18.6. The number of carbonyl (C=O) groups excluding carboxylic acids is 1. The number of likely N-dealkylation sites (tertiary alicyclic amines) is 1. The van der Waals surface area contributed by atoms with Crippen molar-refractivity contribution in [3.8, 4) is 0 Å². The van der Waals surface area contributed by atoms with Gasteiger partial charge in [0.25, 0.3) is 0 Å². The largest absolute Gasteiger partial charge is 0.417 e. The molecule has 140 valence electrons. The van der Waals surface area contributed by atoms with Gasteiger partial charge in [-0.25, -0.2) is 13.1 Å². The Kier molecular flexibility index (Phi) is 5.97. The summed E-state index contributed by atoms with van der Waals surface area (Å²) in [6.45, 7) is 0.702. The highest BCUT2D eigenvalue weighted by atomic mass is 35.5. The Hall–Kier alpha value is -1.36. The molecule has 6 nitrogen and oxygen atoms in total. The summed E-state index contributed by atoms with van der Waals surface area (Å²) in [4.78, 5) is 12.9. The van der Waals surface area contributed by atoms with E-state index < -0.39 is 31.7 Å². The van der Waals surface area contributed by atoms with Crippen LogP contribution < -0.4 is 10.5 Å². The number of amides is 1. The van der Waals surface area contributed by atoms with Crippen LogP contribution in [0.4, 0.5) is 13.2 Å². The van der Waals surface area contributed by atoms with E-state index in [4.69, 9.17) is 17.3 Å². The monoisotopic (exact) mass is 399 g/mol. The quantitative estimate of drug-likeness (QED) is 0.786. The number of sulfonamides is 1. The van der Waals surface area contributed by atoms with E-state index in [1.54, 1.807) is 0 Å². The predicted octanol–water partition coefficient (Wildman–Crippen LogP) is 1.59. The Morgan fingerprint density at radius 1 is 1.40 bits per heavy atom. The van der Waals surface area contributed by atoms with Crippen LogP contribution in [0, 0.1) is 0 Å². The lowest BCUT2D eigenvalue weighted by molar-refractivity contribution is -0.137. The molecule has 0 spiro atoms. The van der Waals surface area contributed by atoms with E-state index >= 15 is 0 Å². The molecule has 1 saturated heterocycles. The third-order valence-electron chi connectivity index (χ3n) is 3.76. The molecular formula is C14H17ClF3N3O3S. The summed E-state index contributed by atoms with van der Waals surface area (Å²) in [5.74, 6) is -0.261. The van der Waals surface area contributed by atoms with Gasteiger partial charge >= 0.3 is 6.18 Å². The fourth-order valence-electron chi connectivity index (χ4n) is 2.44. The standard InChI is InChI=1S/C14H17ClF3N3O3S/c15-12-2-1-10(7-11(12)14(16,17)18)25(23,24)20-5-3-13(22)21-6-4-9(19)8-21/h1-2,7,9,20H,3-6,8,19H2/t9-/m1/s1. The Morgan fingerprint density at radius 3 is 2.64 bits per heavy atom. The summed E-state index contributed by atoms with van der Waals surface area (Å²) in [6.07, 6.45) is -4.19. The lowest BCUT2D eigenvalue weighted by Crippen LogP contribution is -2.34. The zero-order valence-electron chi connectivity index (χ0n) is 13.0. The fraction of sp³-hybridized carbons (Fsp3) is 0.500. The van der Waals surface area contributed by atoms with Crippen LogP contribution >= 0.6 is 11.6 Å². The molecule has 1 fully saturated rings. The number of nitrogens with zero attached hydrogens (tertiary/aromatic N) is 1. The highest BCUT2D eigenvalue weighted by Gasteiger charge is 2.34. The molecule has 2 rings (SSSR count). The average Bonchev–Trinajstić information content (AvgIpc) is 2.92. The second-order valence-corrected chi connectivity index (χ2v) is 7.85. The van der Waals surface area contributed by atoms with Gasteiger partial charge in [-0.05, 0) is 24.6 Å². The van der Waals surface area contributed by atoms with Gasteiger partial charge in [0.2, 0.25) is 15.9 Å². The van der Waals surface area contributed by atoms with E-state index in [1.807, 2.05) is 0 Å². The minimum Gasteiger partial charge on any atom is -0.341 e. The van der Waals surface area contributed by atoms with Gasteiger partial charge in [0, 0.05) is 32.1 Å². The first-order valence-electron chi connectivity index (χ1n) is 7.40. The number of rotatable bonds is 5. The van der Waals surface area contributed by atoms with Gasteiger partial charge in [-0.2, -0.15) is 13.2 Å². The maximum Gasteiger partial charge on any atom is 0.417 e. The van der Waals surface area contributed by atoms with Crippen molar-refractivity contribution in [3.63, 3.8) is 0 Å². The lowest BCUT2D eigenvalue weighted by Gasteiger charge is -2.16. The second-order valence-electron chi connectivity index (χ2n) is 5.68. The molecule has 1 aromatic rings. The molecule has 0 saturated carbocycles. The summed E-state index contributed by atoms with van der Waals surface area (Å²) >= 11 is 5.47. The molecule has 0 aliphatic carbocycles. The number of halogens is 4. The molecule has 1 amide bonds. The molecular weight excluding hydrogens is 383 g/mol. The first-order valence-corrected chi connectivity index (χ1v) is 9.26. The van der Waals surface area contributed by atoms with E-state index in [1.165, 1.54) is 4.90 Å². The minimum atomic E-state index is -4.77. The zero-order valence-corrected chi connectivity index (χ0v) is 14.6. The molecule has 1 aliphatic rings. The number of nitrogens with two attached hydrogens (primary N) is 1. The van der Waals surface area contributed by atoms with Gasteiger partial charge in [0.1, 0.15) is 0 Å². The van der Waals surface area contributed by atoms with Crippen molar-refractivity contribution in [2.45, 2.75) is 30.0 Å². The SMILES string of the molecule is N[C@@H]1CCN(C(=O)CCNS(=O)(=O)c2ccc(Cl)c(C(F)(F)F)c2)C1. The van der Waals surface area contributed by atoms with E-state index in [0.29, 0.717) is 25.6 Å². The number of carbonyl (C=O) groups is 1. The summed E-state index contributed by atoms with van der Waals surface area (Å²) < 4.78 is 64.8. The Labute approximate surface area is 148 Å². The van der Waals surface area contributed by atoms with Crippen LogP contribution in [-0.2, 0) is 21.0 Å². The number of alkyl halides is 3. The van der Waals surface area contributed by atoms with Gasteiger partial charge in [-0.3, -0.25) is 4.79 Å². The van der Waals surface area contributed by atoms with Gasteiger partial charge in [0.05, 0.1) is 15.5 Å². The third kappa shape index (κ3) is 5.06. The Bertz CT molecular complexity index is 755. The molecule has 0 aromatic heterocycles. The molecule has 1 aliphatic heterocycles. The maximum absolute atomic E-state index is 12.8. The molecule has 0 bridgehead atoms. The van der Waals surface area contributed by atoms with Crippen molar-refractivity contribution in [2.24, 2.45) is 5.73 Å². The van der Waals surface area contributed by atoms with Gasteiger partial charge in [-0.1, -0.05) is 11.6 Å². The van der Waals surface area contributed by atoms with Crippen molar-refractivity contribution >= 4 is 27.5 Å². The molecule has 1 atom stereocenters. The topological polar surface area (TPSA) is 92.5 Å². The molecule has 1 aromatic carbocycles. The fourth-order valence-corrected chi connectivity index (χ4v) is 3.72. The van der Waals surface area contributed by atoms with Gasteiger partial charge in [-0.15, -0.1) is 0 Å². The van der Waals surface area contributed by atoms with Gasteiger partial charge in [0.15, 0.2) is 0 Å². The summed E-state index contributed by atoms with van der Waals surface area (Å²) in [5.41, 5.74) is 4.45. The summed E-state index contributed by atoms with van der Waals surface area (Å²) in [7, 11) is -4.19. The molecule has 25 heavy (non-hydrogen) atoms. The van der Waals surface area contributed by atoms with Crippen molar-refractivity contribution in [1.29, 1.82) is 0 Å². The molecule has 11 heteroatoms. The number of nitrogens with one attached hydrogen (secondary N) is 1. The highest BCUT2D eigenvalue weighted by Crippen LogP contribution is 2.35. The Morgan fingerprint density at radius 2 is 2.08 bits per heavy atom. The van der Waals surface area contributed by atoms with E-state index in [2.05, 4.69) is 4.72 Å². The van der Waals surface area contributed by atoms with Crippen LogP contribution in [0.1, 0.15) is 18.4 Å². The molecule has 1 heterocycles.